The molecule has 2 N–H and O–H groups in total. The first-order valence-corrected chi connectivity index (χ1v) is 13.6. The molecule has 0 radical (unpaired) electrons. The summed E-state index contributed by atoms with van der Waals surface area (Å²) in [5.41, 5.74) is 1.45. The van der Waals surface area contributed by atoms with E-state index in [2.05, 4.69) is 5.32 Å². The van der Waals surface area contributed by atoms with Gasteiger partial charge in [0.1, 0.15) is 23.1 Å². The molecule has 3 aromatic rings. The first-order chi connectivity index (χ1) is 20.8. The Morgan fingerprint density at radius 2 is 1.64 bits per heavy atom. The summed E-state index contributed by atoms with van der Waals surface area (Å²) in [4.78, 5) is 35.7. The highest BCUT2D eigenvalue weighted by molar-refractivity contribution is 5.96. The van der Waals surface area contributed by atoms with Crippen molar-refractivity contribution in [2.24, 2.45) is 0 Å². The maximum absolute atomic E-state index is 14.5. The lowest BCUT2D eigenvalue weighted by Crippen LogP contribution is -2.34. The number of aliphatic hydroxyl groups excluding tert-OH is 1. The van der Waals surface area contributed by atoms with Crippen molar-refractivity contribution >= 4 is 18.0 Å². The second-order valence-electron chi connectivity index (χ2n) is 9.61. The van der Waals surface area contributed by atoms with E-state index >= 15 is 0 Å². The Kier molecular flexibility index (Phi) is 16.6. The predicted octanol–water partition coefficient (Wildman–Crippen LogP) is 4.94. The summed E-state index contributed by atoms with van der Waals surface area (Å²) >= 11 is 0. The van der Waals surface area contributed by atoms with Crippen LogP contribution in [0.3, 0.4) is 0 Å². The number of aryl methyl sites for hydroxylation is 2. The molecule has 0 saturated carbocycles. The number of ether oxygens (including phenoxy) is 1. The third kappa shape index (κ3) is 12.3. The fraction of sp³-hybridized carbons (Fsp3) is 0.387. The number of anilines is 1. The van der Waals surface area contributed by atoms with Crippen molar-refractivity contribution < 1.29 is 41.4 Å². The third-order valence-electron chi connectivity index (χ3n) is 6.36. The summed E-state index contributed by atoms with van der Waals surface area (Å²) in [6.45, 7) is 2.83. The van der Waals surface area contributed by atoms with Gasteiger partial charge in [0.05, 0.1) is 12.6 Å². The number of rotatable bonds is 7. The molecule has 1 fully saturated rings. The molecule has 1 aliphatic rings. The Morgan fingerprint density at radius 1 is 1.09 bits per heavy atom. The Morgan fingerprint density at radius 3 is 2.09 bits per heavy atom. The number of hydrogen-bond donors (Lipinski definition) is 2. The topological polar surface area (TPSA) is 101 Å². The zero-order chi connectivity index (χ0) is 33.4. The SMILES string of the molecule is CCc1cc(F)c(C2CC(=O)N(c3cccn(CC(C)OC)c3=O)C2)c(F)c1.CNC=O.Cc1ccc(F)cc1.OC(F)F. The fourth-order valence-electron chi connectivity index (χ4n) is 4.12. The molecule has 1 aliphatic heterocycles. The third-order valence-corrected chi connectivity index (χ3v) is 6.36. The van der Waals surface area contributed by atoms with Crippen molar-refractivity contribution in [2.45, 2.75) is 58.8 Å². The summed E-state index contributed by atoms with van der Waals surface area (Å²) in [5.74, 6) is -2.41. The van der Waals surface area contributed by atoms with Crippen LogP contribution >= 0.6 is 0 Å². The van der Waals surface area contributed by atoms with Crippen LogP contribution in [0, 0.1) is 24.4 Å². The van der Waals surface area contributed by atoms with Crippen molar-refractivity contribution in [3.63, 3.8) is 0 Å². The van der Waals surface area contributed by atoms with Crippen molar-refractivity contribution in [3.05, 3.63) is 99.2 Å². The zero-order valence-electron chi connectivity index (χ0n) is 25.2. The molecule has 2 aromatic carbocycles. The van der Waals surface area contributed by atoms with E-state index in [1.54, 1.807) is 44.6 Å². The summed E-state index contributed by atoms with van der Waals surface area (Å²) in [6.07, 6.45) is 2.56. The molecular formula is C31H38F5N3O5. The van der Waals surface area contributed by atoms with Crippen LogP contribution in [0.15, 0.2) is 59.5 Å². The van der Waals surface area contributed by atoms with Crippen LogP contribution in [-0.2, 0) is 27.3 Å². The normalized spacial score (nSPS) is 14.4. The molecule has 1 aromatic heterocycles. The Balaban J connectivity index is 0.000000494. The second-order valence-corrected chi connectivity index (χ2v) is 9.61. The summed E-state index contributed by atoms with van der Waals surface area (Å²) < 4.78 is 67.5. The lowest BCUT2D eigenvalue weighted by Gasteiger charge is -2.19. The molecule has 0 spiro atoms. The number of nitrogens with one attached hydrogen (secondary N) is 1. The van der Waals surface area contributed by atoms with Crippen LogP contribution in [0.2, 0.25) is 0 Å². The zero-order valence-corrected chi connectivity index (χ0v) is 25.2. The van der Waals surface area contributed by atoms with Gasteiger partial charge in [0.25, 0.3) is 5.56 Å². The van der Waals surface area contributed by atoms with Crippen LogP contribution in [0.1, 0.15) is 42.9 Å². The molecule has 4 rings (SSSR count). The van der Waals surface area contributed by atoms with Gasteiger partial charge in [0.2, 0.25) is 12.3 Å². The number of amides is 2. The molecule has 0 bridgehead atoms. The van der Waals surface area contributed by atoms with Crippen molar-refractivity contribution in [1.29, 1.82) is 0 Å². The number of methoxy groups -OCH3 is 1. The first-order valence-electron chi connectivity index (χ1n) is 13.6. The number of carbonyl (C=O) groups excluding carboxylic acids is 2. The van der Waals surface area contributed by atoms with Crippen LogP contribution in [0.4, 0.5) is 27.6 Å². The van der Waals surface area contributed by atoms with Gasteiger partial charge in [0, 0.05) is 44.8 Å². The monoisotopic (exact) mass is 627 g/mol. The second kappa shape index (κ2) is 19.2. The number of aromatic nitrogens is 1. The highest BCUT2D eigenvalue weighted by Gasteiger charge is 2.36. The molecule has 242 valence electrons. The van der Waals surface area contributed by atoms with E-state index in [-0.39, 0.29) is 47.6 Å². The predicted molar refractivity (Wildman–Crippen MR) is 157 cm³/mol. The lowest BCUT2D eigenvalue weighted by molar-refractivity contribution is -0.117. The standard InChI is InChI=1S/C21H24F2N2O3.C7H7F.C2H5NO.CH2F2O/c1-4-14-8-16(22)20(17(23)9-14)15-10-19(26)25(12-15)18-6-5-7-24(21(18)27)11-13(2)28-3;1-6-2-4-7(8)5-3-6;1-3-2-4;2-1(3)4/h5-9,13,15H,4,10-12H2,1-3H3;2-5H,1H3;2H,1H3,(H,3,4);1,4H. The molecule has 2 heterocycles. The van der Waals surface area contributed by atoms with Crippen LogP contribution in [-0.4, -0.2) is 55.4 Å². The number of benzene rings is 2. The van der Waals surface area contributed by atoms with E-state index < -0.39 is 24.2 Å². The Bertz CT molecular complexity index is 1340. The first kappa shape index (κ1) is 37.9. The molecule has 13 heteroatoms. The molecule has 8 nitrogen and oxygen atoms in total. The van der Waals surface area contributed by atoms with Gasteiger partial charge in [-0.3, -0.25) is 14.4 Å². The number of halogens is 5. The van der Waals surface area contributed by atoms with Crippen LogP contribution < -0.4 is 15.8 Å². The van der Waals surface area contributed by atoms with E-state index in [0.29, 0.717) is 24.9 Å². The lowest BCUT2D eigenvalue weighted by atomic mass is 9.95. The molecule has 1 saturated heterocycles. The van der Waals surface area contributed by atoms with Crippen molar-refractivity contribution in [3.8, 4) is 0 Å². The van der Waals surface area contributed by atoms with Gasteiger partial charge in [0.15, 0.2) is 0 Å². The quantitative estimate of drug-likeness (QED) is 0.286. The maximum Gasteiger partial charge on any atom is 0.342 e. The molecule has 0 aliphatic carbocycles. The van der Waals surface area contributed by atoms with Crippen LogP contribution in [0.5, 0.6) is 0 Å². The number of aliphatic hydroxyl groups is 1. The molecule has 44 heavy (non-hydrogen) atoms. The highest BCUT2D eigenvalue weighted by atomic mass is 19.3. The molecular weight excluding hydrogens is 589 g/mol. The number of carbonyl (C=O) groups is 2. The smallest absolute Gasteiger partial charge is 0.342 e. The average molecular weight is 628 g/mol. The van der Waals surface area contributed by atoms with E-state index in [9.17, 15) is 31.5 Å². The molecule has 2 atom stereocenters. The van der Waals surface area contributed by atoms with Gasteiger partial charge in [-0.1, -0.05) is 24.6 Å². The van der Waals surface area contributed by atoms with Crippen molar-refractivity contribution in [2.75, 3.05) is 25.6 Å². The maximum atomic E-state index is 14.5. The number of alkyl halides is 2. The van der Waals surface area contributed by atoms with E-state index in [4.69, 9.17) is 14.6 Å². The van der Waals surface area contributed by atoms with Gasteiger partial charge in [-0.15, -0.1) is 0 Å². The number of nitrogens with zero attached hydrogens (tertiary/aromatic N) is 2. The van der Waals surface area contributed by atoms with Gasteiger partial charge >= 0.3 is 6.61 Å². The molecule has 2 amide bonds. The van der Waals surface area contributed by atoms with Gasteiger partial charge in [-0.05, 0) is 62.2 Å². The van der Waals surface area contributed by atoms with E-state index in [0.717, 1.165) is 5.56 Å². The minimum absolute atomic E-state index is 0.0396. The van der Waals surface area contributed by atoms with Gasteiger partial charge in [-0.2, -0.15) is 8.78 Å². The minimum Gasteiger partial charge on any atom is -0.380 e. The highest BCUT2D eigenvalue weighted by Crippen LogP contribution is 2.34. The van der Waals surface area contributed by atoms with Crippen molar-refractivity contribution in [1.82, 2.24) is 9.88 Å². The van der Waals surface area contributed by atoms with Gasteiger partial charge in [-0.25, -0.2) is 13.2 Å². The summed E-state index contributed by atoms with van der Waals surface area (Å²) in [5, 5.41) is 8.97. The number of pyridine rings is 1. The minimum atomic E-state index is -3.17. The summed E-state index contributed by atoms with van der Waals surface area (Å²) in [7, 11) is 3.12. The molecule has 2 unspecified atom stereocenters. The fourth-order valence-corrected chi connectivity index (χ4v) is 4.12. The summed E-state index contributed by atoms with van der Waals surface area (Å²) in [6, 6.07) is 12.3. The average Bonchev–Trinajstić information content (AvgIpc) is 3.35. The van der Waals surface area contributed by atoms with Crippen LogP contribution in [0.25, 0.3) is 0 Å². The number of hydrogen-bond acceptors (Lipinski definition) is 5. The Hall–Kier alpha value is -4.10. The Labute approximate surface area is 253 Å². The van der Waals surface area contributed by atoms with E-state index in [1.807, 2.05) is 20.8 Å². The van der Waals surface area contributed by atoms with Gasteiger partial charge < -0.3 is 24.6 Å². The largest absolute Gasteiger partial charge is 0.380 e. The van der Waals surface area contributed by atoms with E-state index in [1.165, 1.54) is 33.7 Å².